The Balaban J connectivity index is 1.71. The number of benzene rings is 1. The number of anilines is 1. The zero-order valence-corrected chi connectivity index (χ0v) is 16.9. The number of hydrogen-bond acceptors (Lipinski definition) is 5. The van der Waals surface area contributed by atoms with Crippen LogP contribution in [0.1, 0.15) is 30.1 Å². The van der Waals surface area contributed by atoms with Crippen LogP contribution in [-0.2, 0) is 19.6 Å². The van der Waals surface area contributed by atoms with Gasteiger partial charge in [-0.05, 0) is 31.9 Å². The van der Waals surface area contributed by atoms with Crippen LogP contribution in [0.5, 0.6) is 0 Å². The van der Waals surface area contributed by atoms with Gasteiger partial charge in [0.05, 0.1) is 36.1 Å². The average Bonchev–Trinajstić information content (AvgIpc) is 2.74. The molecule has 0 bridgehead atoms. The molecule has 28 heavy (non-hydrogen) atoms. The third-order valence-corrected chi connectivity index (χ3v) is 7.07. The number of amides is 2. The molecule has 0 aromatic heterocycles. The Kier molecular flexibility index (Phi) is 6.69. The van der Waals surface area contributed by atoms with Crippen LogP contribution in [0.3, 0.4) is 0 Å². The molecule has 2 fully saturated rings. The lowest BCUT2D eigenvalue weighted by atomic mass is 9.98. The van der Waals surface area contributed by atoms with E-state index in [1.165, 1.54) is 4.31 Å². The van der Waals surface area contributed by atoms with E-state index in [0.717, 1.165) is 0 Å². The maximum atomic E-state index is 12.8. The molecule has 8 nitrogen and oxygen atoms in total. The van der Waals surface area contributed by atoms with E-state index in [2.05, 4.69) is 5.32 Å². The number of nitrogens with one attached hydrogen (secondary N) is 1. The molecule has 154 valence electrons. The Hall–Kier alpha value is -1.97. The van der Waals surface area contributed by atoms with Crippen molar-refractivity contribution in [2.75, 3.05) is 50.5 Å². The predicted octanol–water partition coefficient (Wildman–Crippen LogP) is 1.16. The summed E-state index contributed by atoms with van der Waals surface area (Å²) in [7, 11) is -3.32. The summed E-state index contributed by atoms with van der Waals surface area (Å²) in [5, 5.41) is 2.85. The zero-order valence-electron chi connectivity index (χ0n) is 16.1. The van der Waals surface area contributed by atoms with Gasteiger partial charge in [0.25, 0.3) is 5.91 Å². The SMILES string of the molecule is CCS(=O)(=O)N1CCC[C@@H](C(=O)Nc2ccccc2C(=O)N2CCOCC2)C1. The van der Waals surface area contributed by atoms with E-state index in [1.54, 1.807) is 36.1 Å². The normalized spacial score (nSPS) is 21.3. The van der Waals surface area contributed by atoms with Crippen LogP contribution in [0.4, 0.5) is 5.69 Å². The minimum absolute atomic E-state index is 0.0260. The van der Waals surface area contributed by atoms with Crippen LogP contribution in [-0.4, -0.2) is 74.6 Å². The first kappa shape index (κ1) is 20.8. The average molecular weight is 410 g/mol. The van der Waals surface area contributed by atoms with Crippen LogP contribution in [0, 0.1) is 5.92 Å². The molecule has 1 aromatic carbocycles. The molecule has 1 aromatic rings. The molecule has 2 aliphatic heterocycles. The molecule has 0 spiro atoms. The summed E-state index contributed by atoms with van der Waals surface area (Å²) in [6, 6.07) is 6.93. The first-order valence-electron chi connectivity index (χ1n) is 9.67. The summed E-state index contributed by atoms with van der Waals surface area (Å²) in [4.78, 5) is 27.3. The Labute approximate surface area is 165 Å². The molecule has 0 aliphatic carbocycles. The van der Waals surface area contributed by atoms with Crippen molar-refractivity contribution in [1.82, 2.24) is 9.21 Å². The lowest BCUT2D eigenvalue weighted by Crippen LogP contribution is -2.44. The highest BCUT2D eigenvalue weighted by atomic mass is 32.2. The zero-order chi connectivity index (χ0) is 20.1. The van der Waals surface area contributed by atoms with Crippen LogP contribution in [0.25, 0.3) is 0 Å². The molecule has 2 saturated heterocycles. The molecule has 0 saturated carbocycles. The molecular formula is C19H27N3O5S. The molecule has 1 atom stereocenters. The number of sulfonamides is 1. The van der Waals surface area contributed by atoms with Crippen molar-refractivity contribution in [2.24, 2.45) is 5.92 Å². The van der Waals surface area contributed by atoms with Crippen molar-refractivity contribution in [3.63, 3.8) is 0 Å². The van der Waals surface area contributed by atoms with E-state index >= 15 is 0 Å². The van der Waals surface area contributed by atoms with E-state index in [-0.39, 0.29) is 24.1 Å². The fourth-order valence-corrected chi connectivity index (χ4v) is 4.72. The highest BCUT2D eigenvalue weighted by molar-refractivity contribution is 7.89. The molecular weight excluding hydrogens is 382 g/mol. The van der Waals surface area contributed by atoms with E-state index in [1.807, 2.05) is 0 Å². The number of carbonyl (C=O) groups excluding carboxylic acids is 2. The molecule has 2 aliphatic rings. The van der Waals surface area contributed by atoms with Gasteiger partial charge in [0.15, 0.2) is 0 Å². The summed E-state index contributed by atoms with van der Waals surface area (Å²) >= 11 is 0. The molecule has 2 heterocycles. The number of morpholine rings is 1. The monoisotopic (exact) mass is 409 g/mol. The molecule has 0 unspecified atom stereocenters. The van der Waals surface area contributed by atoms with Gasteiger partial charge in [0.2, 0.25) is 15.9 Å². The third kappa shape index (κ3) is 4.71. The van der Waals surface area contributed by atoms with Crippen molar-refractivity contribution < 1.29 is 22.7 Å². The van der Waals surface area contributed by atoms with Gasteiger partial charge in [-0.25, -0.2) is 12.7 Å². The third-order valence-electron chi connectivity index (χ3n) is 5.23. The molecule has 3 rings (SSSR count). The highest BCUT2D eigenvalue weighted by Gasteiger charge is 2.32. The van der Waals surface area contributed by atoms with Gasteiger partial charge in [-0.3, -0.25) is 9.59 Å². The summed E-state index contributed by atoms with van der Waals surface area (Å²) < 4.78 is 30.9. The number of hydrogen-bond donors (Lipinski definition) is 1. The Morgan fingerprint density at radius 2 is 1.89 bits per heavy atom. The fourth-order valence-electron chi connectivity index (χ4n) is 3.54. The lowest BCUT2D eigenvalue weighted by molar-refractivity contribution is -0.120. The van der Waals surface area contributed by atoms with E-state index in [9.17, 15) is 18.0 Å². The van der Waals surface area contributed by atoms with E-state index < -0.39 is 15.9 Å². The van der Waals surface area contributed by atoms with Crippen molar-refractivity contribution in [3.05, 3.63) is 29.8 Å². The fraction of sp³-hybridized carbons (Fsp3) is 0.579. The second-order valence-electron chi connectivity index (χ2n) is 7.04. The first-order chi connectivity index (χ1) is 13.4. The maximum absolute atomic E-state index is 12.8. The van der Waals surface area contributed by atoms with E-state index in [4.69, 9.17) is 4.74 Å². The first-order valence-corrected chi connectivity index (χ1v) is 11.3. The van der Waals surface area contributed by atoms with Gasteiger partial charge >= 0.3 is 0 Å². The standard InChI is InChI=1S/C19H27N3O5S/c1-2-28(25,26)22-9-5-6-15(14-22)18(23)20-17-8-4-3-7-16(17)19(24)21-10-12-27-13-11-21/h3-4,7-8,15H,2,5-6,9-14H2,1H3,(H,20,23)/t15-/m1/s1. The second-order valence-corrected chi connectivity index (χ2v) is 9.29. The van der Waals surface area contributed by atoms with E-state index in [0.29, 0.717) is 56.9 Å². The van der Waals surface area contributed by atoms with Crippen molar-refractivity contribution >= 4 is 27.5 Å². The number of carbonyl (C=O) groups is 2. The van der Waals surface area contributed by atoms with Gasteiger partial charge < -0.3 is 15.0 Å². The van der Waals surface area contributed by atoms with Crippen LogP contribution < -0.4 is 5.32 Å². The number of nitrogens with zero attached hydrogens (tertiary/aromatic N) is 2. The van der Waals surface area contributed by atoms with Crippen molar-refractivity contribution in [2.45, 2.75) is 19.8 Å². The lowest BCUT2D eigenvalue weighted by Gasteiger charge is -2.31. The van der Waals surface area contributed by atoms with Gasteiger partial charge in [0, 0.05) is 26.2 Å². The predicted molar refractivity (Wildman–Crippen MR) is 106 cm³/mol. The van der Waals surface area contributed by atoms with Crippen LogP contribution >= 0.6 is 0 Å². The van der Waals surface area contributed by atoms with Gasteiger partial charge in [-0.15, -0.1) is 0 Å². The summed E-state index contributed by atoms with van der Waals surface area (Å²) in [6.07, 6.45) is 1.27. The molecule has 1 N–H and O–H groups in total. The Morgan fingerprint density at radius 1 is 1.18 bits per heavy atom. The topological polar surface area (TPSA) is 96.0 Å². The number of ether oxygens (including phenoxy) is 1. The second kappa shape index (κ2) is 9.02. The van der Waals surface area contributed by atoms with Crippen molar-refractivity contribution in [3.8, 4) is 0 Å². The smallest absolute Gasteiger partial charge is 0.256 e. The van der Waals surface area contributed by atoms with Gasteiger partial charge in [-0.2, -0.15) is 0 Å². The maximum Gasteiger partial charge on any atom is 0.256 e. The Bertz CT molecular complexity index is 821. The highest BCUT2D eigenvalue weighted by Crippen LogP contribution is 2.23. The number of piperidine rings is 1. The summed E-state index contributed by atoms with van der Waals surface area (Å²) in [5.41, 5.74) is 0.894. The van der Waals surface area contributed by atoms with Gasteiger partial charge in [-0.1, -0.05) is 12.1 Å². The van der Waals surface area contributed by atoms with Crippen LogP contribution in [0.15, 0.2) is 24.3 Å². The largest absolute Gasteiger partial charge is 0.378 e. The number of rotatable bonds is 5. The summed E-state index contributed by atoms with van der Waals surface area (Å²) in [6.45, 7) is 4.29. The summed E-state index contributed by atoms with van der Waals surface area (Å²) in [5.74, 6) is -0.795. The molecule has 9 heteroatoms. The van der Waals surface area contributed by atoms with Crippen LogP contribution in [0.2, 0.25) is 0 Å². The minimum atomic E-state index is -3.32. The van der Waals surface area contributed by atoms with Crippen molar-refractivity contribution in [1.29, 1.82) is 0 Å². The Morgan fingerprint density at radius 3 is 2.61 bits per heavy atom. The number of para-hydroxylation sites is 1. The minimum Gasteiger partial charge on any atom is -0.378 e. The molecule has 0 radical (unpaired) electrons. The van der Waals surface area contributed by atoms with Gasteiger partial charge in [0.1, 0.15) is 0 Å². The quantitative estimate of drug-likeness (QED) is 0.787. The molecule has 2 amide bonds.